The van der Waals surface area contributed by atoms with Crippen LogP contribution in [0.4, 0.5) is 0 Å². The smallest absolute Gasteiger partial charge is 0.318 e. The van der Waals surface area contributed by atoms with Crippen molar-refractivity contribution < 1.29 is 14.4 Å². The molecule has 0 aromatic carbocycles. The second kappa shape index (κ2) is 7.96. The van der Waals surface area contributed by atoms with E-state index < -0.39 is 11.8 Å². The van der Waals surface area contributed by atoms with Crippen molar-refractivity contribution in [2.24, 2.45) is 5.73 Å². The minimum absolute atomic E-state index is 0.0608. The third-order valence-corrected chi connectivity index (χ3v) is 3.73. The van der Waals surface area contributed by atoms with Gasteiger partial charge >= 0.3 is 11.8 Å². The van der Waals surface area contributed by atoms with E-state index in [4.69, 9.17) is 5.73 Å². The Kier molecular flexibility index (Phi) is 6.60. The molecular weight excluding hydrogens is 260 g/mol. The van der Waals surface area contributed by atoms with Crippen LogP contribution in [-0.2, 0) is 14.4 Å². The SMILES string of the molecule is CN1CCC(N(C)C(=O)C(=O)N(C=O)CCCN)CC1. The summed E-state index contributed by atoms with van der Waals surface area (Å²) in [6, 6.07) is 0.0608. The number of hydrogen-bond acceptors (Lipinski definition) is 5. The molecule has 1 fully saturated rings. The summed E-state index contributed by atoms with van der Waals surface area (Å²) in [5.74, 6) is -1.39. The van der Waals surface area contributed by atoms with Crippen LogP contribution in [0.5, 0.6) is 0 Å². The number of likely N-dealkylation sites (tertiary alicyclic amines) is 1. The second-order valence-electron chi connectivity index (χ2n) is 5.20. The maximum Gasteiger partial charge on any atom is 0.318 e. The van der Waals surface area contributed by atoms with Crippen molar-refractivity contribution in [1.82, 2.24) is 14.7 Å². The molecule has 0 bridgehead atoms. The van der Waals surface area contributed by atoms with Crippen LogP contribution in [0.1, 0.15) is 19.3 Å². The summed E-state index contributed by atoms with van der Waals surface area (Å²) in [5.41, 5.74) is 5.34. The van der Waals surface area contributed by atoms with Gasteiger partial charge in [-0.05, 0) is 45.9 Å². The van der Waals surface area contributed by atoms with Gasteiger partial charge in [-0.2, -0.15) is 0 Å². The molecule has 2 N–H and O–H groups in total. The topological polar surface area (TPSA) is 87.0 Å². The molecule has 1 rings (SSSR count). The van der Waals surface area contributed by atoms with Crippen molar-refractivity contribution in [2.75, 3.05) is 40.3 Å². The molecular formula is C13H24N4O3. The van der Waals surface area contributed by atoms with E-state index in [2.05, 4.69) is 4.90 Å². The van der Waals surface area contributed by atoms with E-state index >= 15 is 0 Å². The molecule has 0 aromatic heterocycles. The molecule has 0 spiro atoms. The fourth-order valence-corrected chi connectivity index (χ4v) is 2.29. The monoisotopic (exact) mass is 284 g/mol. The lowest BCUT2D eigenvalue weighted by Gasteiger charge is -2.35. The molecule has 0 unspecified atom stereocenters. The highest BCUT2D eigenvalue weighted by atomic mass is 16.2. The van der Waals surface area contributed by atoms with Crippen LogP contribution in [0.2, 0.25) is 0 Å². The Morgan fingerprint density at radius 3 is 2.40 bits per heavy atom. The second-order valence-corrected chi connectivity index (χ2v) is 5.20. The van der Waals surface area contributed by atoms with Crippen molar-refractivity contribution in [3.8, 4) is 0 Å². The summed E-state index contributed by atoms with van der Waals surface area (Å²) in [6.45, 7) is 2.37. The highest BCUT2D eigenvalue weighted by Gasteiger charge is 2.30. The minimum Gasteiger partial charge on any atom is -0.334 e. The van der Waals surface area contributed by atoms with Gasteiger partial charge in [-0.15, -0.1) is 0 Å². The number of imide groups is 1. The number of carbonyl (C=O) groups is 3. The van der Waals surface area contributed by atoms with Crippen molar-refractivity contribution in [3.63, 3.8) is 0 Å². The zero-order chi connectivity index (χ0) is 15.1. The molecule has 1 heterocycles. The van der Waals surface area contributed by atoms with E-state index in [9.17, 15) is 14.4 Å². The van der Waals surface area contributed by atoms with Crippen molar-refractivity contribution in [2.45, 2.75) is 25.3 Å². The number of hydrogen-bond donors (Lipinski definition) is 1. The molecule has 0 aromatic rings. The van der Waals surface area contributed by atoms with Crippen LogP contribution in [0, 0.1) is 0 Å². The first-order chi connectivity index (χ1) is 9.51. The van der Waals surface area contributed by atoms with Crippen LogP contribution < -0.4 is 5.73 Å². The van der Waals surface area contributed by atoms with Crippen LogP contribution >= 0.6 is 0 Å². The van der Waals surface area contributed by atoms with Crippen LogP contribution in [0.15, 0.2) is 0 Å². The molecule has 3 amide bonds. The van der Waals surface area contributed by atoms with E-state index in [-0.39, 0.29) is 12.6 Å². The number of nitrogens with two attached hydrogens (primary N) is 1. The first kappa shape index (κ1) is 16.6. The average molecular weight is 284 g/mol. The zero-order valence-corrected chi connectivity index (χ0v) is 12.2. The van der Waals surface area contributed by atoms with Gasteiger partial charge in [-0.25, -0.2) is 0 Å². The van der Waals surface area contributed by atoms with Gasteiger partial charge in [0.25, 0.3) is 0 Å². The number of nitrogens with zero attached hydrogens (tertiary/aromatic N) is 3. The molecule has 0 radical (unpaired) electrons. The first-order valence-electron chi connectivity index (χ1n) is 6.93. The molecule has 20 heavy (non-hydrogen) atoms. The van der Waals surface area contributed by atoms with E-state index in [1.165, 1.54) is 4.90 Å². The lowest BCUT2D eigenvalue weighted by atomic mass is 10.0. The summed E-state index contributed by atoms with van der Waals surface area (Å²) < 4.78 is 0. The summed E-state index contributed by atoms with van der Waals surface area (Å²) in [7, 11) is 3.66. The van der Waals surface area contributed by atoms with Crippen LogP contribution in [-0.4, -0.2) is 79.2 Å². The quantitative estimate of drug-likeness (QED) is 0.510. The van der Waals surface area contributed by atoms with Crippen molar-refractivity contribution in [3.05, 3.63) is 0 Å². The number of piperidine rings is 1. The largest absolute Gasteiger partial charge is 0.334 e. The molecule has 1 aliphatic rings. The number of likely N-dealkylation sites (N-methyl/N-ethyl adjacent to an activating group) is 1. The lowest BCUT2D eigenvalue weighted by Crippen LogP contribution is -2.50. The van der Waals surface area contributed by atoms with Crippen LogP contribution in [0.3, 0.4) is 0 Å². The minimum atomic E-state index is -0.769. The standard InChI is InChI=1S/C13H24N4O3/c1-15-8-4-11(5-9-15)16(2)12(19)13(20)17(10-18)7-3-6-14/h10-11H,3-9,14H2,1-2H3. The Balaban J connectivity index is 2.58. The predicted octanol–water partition coefficient (Wildman–Crippen LogP) is -1.13. The average Bonchev–Trinajstić information content (AvgIpc) is 2.47. The summed E-state index contributed by atoms with van der Waals surface area (Å²) in [5, 5.41) is 0. The molecule has 0 aliphatic carbocycles. The number of rotatable bonds is 5. The molecule has 1 aliphatic heterocycles. The van der Waals surface area contributed by atoms with E-state index in [0.29, 0.717) is 19.4 Å². The Labute approximate surface area is 119 Å². The Bertz CT molecular complexity index is 354. The Hall–Kier alpha value is -1.47. The Morgan fingerprint density at radius 2 is 1.90 bits per heavy atom. The molecule has 0 saturated carbocycles. The molecule has 7 heteroatoms. The van der Waals surface area contributed by atoms with Crippen molar-refractivity contribution >= 4 is 18.2 Å². The molecule has 1 saturated heterocycles. The van der Waals surface area contributed by atoms with Gasteiger partial charge in [0.2, 0.25) is 6.41 Å². The van der Waals surface area contributed by atoms with E-state index in [0.717, 1.165) is 30.8 Å². The first-order valence-corrected chi connectivity index (χ1v) is 6.93. The molecule has 0 atom stereocenters. The predicted molar refractivity (Wildman–Crippen MR) is 74.7 cm³/mol. The highest BCUT2D eigenvalue weighted by Crippen LogP contribution is 2.14. The van der Waals surface area contributed by atoms with Gasteiger partial charge in [0.1, 0.15) is 0 Å². The zero-order valence-electron chi connectivity index (χ0n) is 12.2. The van der Waals surface area contributed by atoms with Gasteiger partial charge in [-0.1, -0.05) is 0 Å². The van der Waals surface area contributed by atoms with E-state index in [1.54, 1.807) is 7.05 Å². The van der Waals surface area contributed by atoms with Gasteiger partial charge in [0.05, 0.1) is 0 Å². The van der Waals surface area contributed by atoms with Gasteiger partial charge < -0.3 is 15.5 Å². The molecule has 7 nitrogen and oxygen atoms in total. The highest BCUT2D eigenvalue weighted by molar-refractivity contribution is 6.36. The third-order valence-electron chi connectivity index (χ3n) is 3.73. The fourth-order valence-electron chi connectivity index (χ4n) is 2.29. The summed E-state index contributed by atoms with van der Waals surface area (Å²) in [4.78, 5) is 39.5. The summed E-state index contributed by atoms with van der Waals surface area (Å²) in [6.07, 6.45) is 2.58. The van der Waals surface area contributed by atoms with Gasteiger partial charge in [0, 0.05) is 19.6 Å². The molecule has 114 valence electrons. The normalized spacial score (nSPS) is 16.8. The fraction of sp³-hybridized carbons (Fsp3) is 0.769. The number of carbonyl (C=O) groups excluding carboxylic acids is 3. The third kappa shape index (κ3) is 4.28. The van der Waals surface area contributed by atoms with Crippen molar-refractivity contribution in [1.29, 1.82) is 0 Å². The maximum absolute atomic E-state index is 12.1. The summed E-state index contributed by atoms with van der Waals surface area (Å²) >= 11 is 0. The van der Waals surface area contributed by atoms with Gasteiger partial charge in [0.15, 0.2) is 0 Å². The maximum atomic E-state index is 12.1. The Morgan fingerprint density at radius 1 is 1.30 bits per heavy atom. The van der Waals surface area contributed by atoms with Gasteiger partial charge in [-0.3, -0.25) is 19.3 Å². The van der Waals surface area contributed by atoms with Crippen LogP contribution in [0.25, 0.3) is 0 Å². The number of amides is 3. The van der Waals surface area contributed by atoms with E-state index in [1.807, 2.05) is 7.05 Å². The lowest BCUT2D eigenvalue weighted by molar-refractivity contribution is -0.154.